The molecule has 0 fully saturated rings. The molecule has 2 aromatic rings. The normalized spacial score (nSPS) is 11.3. The van der Waals surface area contributed by atoms with Gasteiger partial charge in [0.25, 0.3) is 0 Å². The van der Waals surface area contributed by atoms with Crippen LogP contribution >= 0.6 is 46.7 Å². The summed E-state index contributed by atoms with van der Waals surface area (Å²) in [5, 5.41) is 7.64. The first kappa shape index (κ1) is 20.3. The molecule has 5 nitrogen and oxygen atoms in total. The first-order valence-electron chi connectivity index (χ1n) is 7.33. The molecule has 8 heteroatoms. The predicted molar refractivity (Wildman–Crippen MR) is 110 cm³/mol. The van der Waals surface area contributed by atoms with Gasteiger partial charge in [-0.3, -0.25) is 0 Å². The second kappa shape index (κ2) is 9.53. The molecular weight excluding hydrogens is 441 g/mol. The molecule has 1 N–H and O–H groups in total. The van der Waals surface area contributed by atoms with Gasteiger partial charge in [-0.1, -0.05) is 0 Å². The molecule has 0 aliphatic rings. The maximum atomic E-state index is 4.74. The number of aliphatic imine (C=N–C) groups is 1. The summed E-state index contributed by atoms with van der Waals surface area (Å²) in [6.07, 6.45) is 0. The number of nitrogens with one attached hydrogen (secondary N) is 1. The number of guanidine groups is 1. The Hall–Kier alpha value is -0.740. The lowest BCUT2D eigenvalue weighted by molar-refractivity contribution is 0.471. The molecule has 0 bridgehead atoms. The fourth-order valence-electron chi connectivity index (χ4n) is 2.14. The summed E-state index contributed by atoms with van der Waals surface area (Å²) in [6.45, 7) is 10.5. The van der Waals surface area contributed by atoms with E-state index in [2.05, 4.69) is 32.5 Å². The van der Waals surface area contributed by atoms with E-state index in [-0.39, 0.29) is 24.0 Å². The second-order valence-electron chi connectivity index (χ2n) is 5.13. The number of aromatic nitrogens is 2. The van der Waals surface area contributed by atoms with Crippen molar-refractivity contribution < 1.29 is 0 Å². The van der Waals surface area contributed by atoms with Crippen molar-refractivity contribution in [2.75, 3.05) is 13.6 Å². The van der Waals surface area contributed by atoms with Gasteiger partial charge in [0.1, 0.15) is 0 Å². The van der Waals surface area contributed by atoms with Crippen molar-refractivity contribution in [2.24, 2.45) is 4.99 Å². The van der Waals surface area contributed by atoms with Crippen LogP contribution in [-0.4, -0.2) is 34.4 Å². The zero-order valence-electron chi connectivity index (χ0n) is 14.2. The van der Waals surface area contributed by atoms with Gasteiger partial charge in [0.05, 0.1) is 34.5 Å². The maximum Gasteiger partial charge on any atom is 0.194 e. The van der Waals surface area contributed by atoms with E-state index in [9.17, 15) is 0 Å². The van der Waals surface area contributed by atoms with Gasteiger partial charge in [-0.2, -0.15) is 0 Å². The molecule has 2 aromatic heterocycles. The Morgan fingerprint density at radius 2 is 2.00 bits per heavy atom. The van der Waals surface area contributed by atoms with Gasteiger partial charge in [-0.25, -0.2) is 15.0 Å². The highest BCUT2D eigenvalue weighted by molar-refractivity contribution is 14.0. The largest absolute Gasteiger partial charge is 0.357 e. The quantitative estimate of drug-likeness (QED) is 0.415. The fourth-order valence-corrected chi connectivity index (χ4v) is 3.60. The number of thiazole rings is 2. The molecular formula is C15H24IN5S2. The summed E-state index contributed by atoms with van der Waals surface area (Å²) >= 11 is 3.40. The topological polar surface area (TPSA) is 53.4 Å². The molecule has 0 unspecified atom stereocenters. The van der Waals surface area contributed by atoms with Crippen molar-refractivity contribution in [1.82, 2.24) is 20.2 Å². The SMILES string of the molecule is CCNC(=NCc1sc(C)nc1C)N(C)Cc1csc(C)n1.I. The van der Waals surface area contributed by atoms with Crippen LogP contribution in [0.5, 0.6) is 0 Å². The summed E-state index contributed by atoms with van der Waals surface area (Å²) in [4.78, 5) is 17.1. The molecule has 0 aromatic carbocycles. The van der Waals surface area contributed by atoms with Gasteiger partial charge in [-0.15, -0.1) is 46.7 Å². The Balaban J connectivity index is 0.00000264. The Bertz CT molecular complexity index is 650. The number of halogens is 1. The van der Waals surface area contributed by atoms with Crippen molar-refractivity contribution in [3.63, 3.8) is 0 Å². The Kier molecular flexibility index (Phi) is 8.41. The lowest BCUT2D eigenvalue weighted by atomic mass is 10.4. The first-order valence-corrected chi connectivity index (χ1v) is 9.02. The van der Waals surface area contributed by atoms with E-state index in [4.69, 9.17) is 4.99 Å². The maximum absolute atomic E-state index is 4.74. The third-order valence-electron chi connectivity index (χ3n) is 3.13. The predicted octanol–water partition coefficient (Wildman–Crippen LogP) is 3.74. The zero-order chi connectivity index (χ0) is 16.1. The van der Waals surface area contributed by atoms with Crippen LogP contribution in [0, 0.1) is 20.8 Å². The molecule has 2 heterocycles. The standard InChI is InChI=1S/C15H23N5S2.HI/c1-6-16-15(17-7-14-10(2)18-12(4)22-14)20(5)8-13-9-21-11(3)19-13;/h9H,6-8H2,1-5H3,(H,16,17);1H. The molecule has 0 atom stereocenters. The summed E-state index contributed by atoms with van der Waals surface area (Å²) in [5.74, 6) is 0.901. The van der Waals surface area contributed by atoms with Crippen LogP contribution in [0.3, 0.4) is 0 Å². The van der Waals surface area contributed by atoms with Crippen LogP contribution in [0.15, 0.2) is 10.4 Å². The van der Waals surface area contributed by atoms with Crippen LogP contribution in [0.2, 0.25) is 0 Å². The van der Waals surface area contributed by atoms with Gasteiger partial charge in [0.15, 0.2) is 5.96 Å². The number of hydrogen-bond acceptors (Lipinski definition) is 5. The van der Waals surface area contributed by atoms with E-state index in [1.165, 1.54) is 4.88 Å². The van der Waals surface area contributed by atoms with E-state index in [1.54, 1.807) is 22.7 Å². The lowest BCUT2D eigenvalue weighted by Crippen LogP contribution is -2.38. The van der Waals surface area contributed by atoms with Crippen molar-refractivity contribution in [2.45, 2.75) is 40.8 Å². The number of aryl methyl sites for hydroxylation is 3. The minimum Gasteiger partial charge on any atom is -0.357 e. The third-order valence-corrected chi connectivity index (χ3v) is 5.01. The zero-order valence-corrected chi connectivity index (χ0v) is 18.2. The molecule has 128 valence electrons. The number of nitrogens with zero attached hydrogens (tertiary/aromatic N) is 4. The molecule has 23 heavy (non-hydrogen) atoms. The third kappa shape index (κ3) is 6.00. The Morgan fingerprint density at radius 3 is 2.52 bits per heavy atom. The molecule has 0 saturated carbocycles. The minimum absolute atomic E-state index is 0. The van der Waals surface area contributed by atoms with Gasteiger partial charge in [0.2, 0.25) is 0 Å². The van der Waals surface area contributed by atoms with E-state index >= 15 is 0 Å². The smallest absolute Gasteiger partial charge is 0.194 e. The second-order valence-corrected chi connectivity index (χ2v) is 7.48. The van der Waals surface area contributed by atoms with Gasteiger partial charge in [-0.05, 0) is 27.7 Å². The summed E-state index contributed by atoms with van der Waals surface area (Å²) < 4.78 is 0. The fraction of sp³-hybridized carbons (Fsp3) is 0.533. The molecule has 2 rings (SSSR count). The van der Waals surface area contributed by atoms with Crippen molar-refractivity contribution in [3.05, 3.63) is 31.7 Å². The molecule has 0 amide bonds. The highest BCUT2D eigenvalue weighted by Gasteiger charge is 2.10. The minimum atomic E-state index is 0. The molecule has 0 spiro atoms. The van der Waals surface area contributed by atoms with Crippen LogP contribution < -0.4 is 5.32 Å². The number of rotatable bonds is 5. The lowest BCUT2D eigenvalue weighted by Gasteiger charge is -2.21. The molecule has 0 aliphatic heterocycles. The summed E-state index contributed by atoms with van der Waals surface area (Å²) in [6, 6.07) is 0. The highest BCUT2D eigenvalue weighted by atomic mass is 127. The van der Waals surface area contributed by atoms with E-state index < -0.39 is 0 Å². The van der Waals surface area contributed by atoms with Crippen molar-refractivity contribution >= 4 is 52.6 Å². The van der Waals surface area contributed by atoms with Gasteiger partial charge >= 0.3 is 0 Å². The molecule has 0 radical (unpaired) electrons. The van der Waals surface area contributed by atoms with E-state index in [1.807, 2.05) is 27.8 Å². The van der Waals surface area contributed by atoms with E-state index in [0.717, 1.165) is 40.5 Å². The van der Waals surface area contributed by atoms with Gasteiger partial charge in [0, 0.05) is 23.8 Å². The molecule has 0 aliphatic carbocycles. The van der Waals surface area contributed by atoms with Crippen LogP contribution in [0.25, 0.3) is 0 Å². The summed E-state index contributed by atoms with van der Waals surface area (Å²) in [7, 11) is 2.04. The van der Waals surface area contributed by atoms with Gasteiger partial charge < -0.3 is 10.2 Å². The Labute approximate surface area is 163 Å². The Morgan fingerprint density at radius 1 is 1.26 bits per heavy atom. The van der Waals surface area contributed by atoms with Crippen LogP contribution in [-0.2, 0) is 13.1 Å². The highest BCUT2D eigenvalue weighted by Crippen LogP contribution is 2.18. The monoisotopic (exact) mass is 465 g/mol. The van der Waals surface area contributed by atoms with Crippen molar-refractivity contribution in [3.8, 4) is 0 Å². The average molecular weight is 465 g/mol. The molecule has 0 saturated heterocycles. The van der Waals surface area contributed by atoms with Crippen LogP contribution in [0.1, 0.15) is 33.2 Å². The number of hydrogen-bond donors (Lipinski definition) is 1. The van der Waals surface area contributed by atoms with Crippen molar-refractivity contribution in [1.29, 1.82) is 0 Å². The van der Waals surface area contributed by atoms with E-state index in [0.29, 0.717) is 6.54 Å². The average Bonchev–Trinajstić information content (AvgIpc) is 3.00. The summed E-state index contributed by atoms with van der Waals surface area (Å²) in [5.41, 5.74) is 2.17. The first-order chi connectivity index (χ1) is 10.5. The van der Waals surface area contributed by atoms with Crippen LogP contribution in [0.4, 0.5) is 0 Å².